The van der Waals surface area contributed by atoms with E-state index in [-0.39, 0.29) is 11.8 Å². The van der Waals surface area contributed by atoms with Crippen molar-refractivity contribution in [1.82, 2.24) is 9.88 Å². The van der Waals surface area contributed by atoms with Gasteiger partial charge in [-0.25, -0.2) is 9.78 Å². The lowest BCUT2D eigenvalue weighted by atomic mass is 9.94. The summed E-state index contributed by atoms with van der Waals surface area (Å²) in [5.41, 5.74) is 0.290. The molecule has 106 valence electrons. The van der Waals surface area contributed by atoms with Gasteiger partial charge in [0.15, 0.2) is 0 Å². The Hall–Kier alpha value is -1.43. The fourth-order valence-electron chi connectivity index (χ4n) is 3.51. The number of hydrogen-bond acceptors (Lipinski definition) is 3. The smallest absolute Gasteiger partial charge is 0.326 e. The number of rotatable bonds is 2. The topological polar surface area (TPSA) is 70.5 Å². The first kappa shape index (κ1) is 13.5. The second-order valence-corrected chi connectivity index (χ2v) is 6.28. The van der Waals surface area contributed by atoms with Gasteiger partial charge in [-0.15, -0.1) is 0 Å². The highest BCUT2D eigenvalue weighted by Crippen LogP contribution is 2.42. The Morgan fingerprint density at radius 3 is 2.90 bits per heavy atom. The van der Waals surface area contributed by atoms with Crippen LogP contribution in [-0.2, 0) is 4.79 Å². The zero-order valence-corrected chi connectivity index (χ0v) is 12.4. The van der Waals surface area contributed by atoms with Crippen molar-refractivity contribution in [3.8, 4) is 0 Å². The van der Waals surface area contributed by atoms with Crippen molar-refractivity contribution in [2.24, 2.45) is 11.8 Å². The molecule has 2 heterocycles. The minimum Gasteiger partial charge on any atom is -0.480 e. The standard InChI is InChI=1S/C14H15BrN2O3/c15-10-5-2-6-16-11(10)13(18)17-7-8-3-1-4-9(8)12(17)14(19)20/h2,5-6,8-9,12H,1,3-4,7H2,(H,19,20). The van der Waals surface area contributed by atoms with Gasteiger partial charge in [0.25, 0.3) is 5.91 Å². The molecule has 2 aliphatic rings. The van der Waals surface area contributed by atoms with Crippen LogP contribution >= 0.6 is 15.9 Å². The van der Waals surface area contributed by atoms with Crippen LogP contribution in [0.25, 0.3) is 0 Å². The highest BCUT2D eigenvalue weighted by molar-refractivity contribution is 9.10. The average molecular weight is 339 g/mol. The Labute approximate surface area is 125 Å². The molecule has 3 unspecified atom stereocenters. The SMILES string of the molecule is O=C(O)C1C2CCCC2CN1C(=O)c1ncccc1Br. The third-order valence-corrected chi connectivity index (χ3v) is 5.01. The normalized spacial score (nSPS) is 28.4. The summed E-state index contributed by atoms with van der Waals surface area (Å²) in [5.74, 6) is -0.777. The maximum Gasteiger partial charge on any atom is 0.326 e. The van der Waals surface area contributed by atoms with Crippen molar-refractivity contribution >= 4 is 27.8 Å². The number of carbonyl (C=O) groups is 2. The molecule has 1 aromatic rings. The highest BCUT2D eigenvalue weighted by atomic mass is 79.9. The number of carbonyl (C=O) groups excluding carboxylic acids is 1. The van der Waals surface area contributed by atoms with Gasteiger partial charge in [-0.1, -0.05) is 6.42 Å². The largest absolute Gasteiger partial charge is 0.480 e. The van der Waals surface area contributed by atoms with E-state index in [1.807, 2.05) is 0 Å². The van der Waals surface area contributed by atoms with Gasteiger partial charge in [0.1, 0.15) is 11.7 Å². The molecule has 20 heavy (non-hydrogen) atoms. The van der Waals surface area contributed by atoms with E-state index in [0.717, 1.165) is 19.3 Å². The molecule has 3 atom stereocenters. The van der Waals surface area contributed by atoms with Crippen LogP contribution in [0, 0.1) is 11.8 Å². The van der Waals surface area contributed by atoms with Gasteiger partial charge in [-0.3, -0.25) is 4.79 Å². The maximum absolute atomic E-state index is 12.6. The van der Waals surface area contributed by atoms with Gasteiger partial charge in [-0.05, 0) is 52.7 Å². The summed E-state index contributed by atoms with van der Waals surface area (Å²) in [4.78, 5) is 29.7. The molecule has 1 N–H and O–H groups in total. The average Bonchev–Trinajstić information content (AvgIpc) is 2.97. The zero-order chi connectivity index (χ0) is 14.3. The first-order valence-electron chi connectivity index (χ1n) is 6.74. The van der Waals surface area contributed by atoms with Gasteiger partial charge in [-0.2, -0.15) is 0 Å². The van der Waals surface area contributed by atoms with E-state index in [2.05, 4.69) is 20.9 Å². The van der Waals surface area contributed by atoms with Crippen molar-refractivity contribution in [2.75, 3.05) is 6.54 Å². The minimum absolute atomic E-state index is 0.0962. The molecule has 1 saturated carbocycles. The Bertz CT molecular complexity index is 563. The number of aliphatic carboxylic acids is 1. The van der Waals surface area contributed by atoms with Crippen LogP contribution in [0.15, 0.2) is 22.8 Å². The zero-order valence-electron chi connectivity index (χ0n) is 10.8. The molecule has 1 amide bonds. The number of likely N-dealkylation sites (tertiary alicyclic amines) is 1. The quantitative estimate of drug-likeness (QED) is 0.897. The van der Waals surface area contributed by atoms with E-state index < -0.39 is 12.0 Å². The van der Waals surface area contributed by atoms with Crippen LogP contribution in [0.2, 0.25) is 0 Å². The van der Waals surface area contributed by atoms with Gasteiger partial charge < -0.3 is 10.0 Å². The molecule has 1 aliphatic carbocycles. The summed E-state index contributed by atoms with van der Waals surface area (Å²) in [6.45, 7) is 0.531. The molecule has 0 aromatic carbocycles. The van der Waals surface area contributed by atoms with E-state index in [1.54, 1.807) is 18.3 Å². The van der Waals surface area contributed by atoms with E-state index >= 15 is 0 Å². The second-order valence-electron chi connectivity index (χ2n) is 5.43. The summed E-state index contributed by atoms with van der Waals surface area (Å²) >= 11 is 3.30. The molecular weight excluding hydrogens is 324 g/mol. The third-order valence-electron chi connectivity index (χ3n) is 4.37. The van der Waals surface area contributed by atoms with Gasteiger partial charge in [0.05, 0.1) is 0 Å². The molecule has 6 heteroatoms. The Morgan fingerprint density at radius 2 is 2.20 bits per heavy atom. The summed E-state index contributed by atoms with van der Waals surface area (Å²) < 4.78 is 0.603. The highest BCUT2D eigenvalue weighted by Gasteiger charge is 2.49. The third kappa shape index (κ3) is 2.12. The monoisotopic (exact) mass is 338 g/mol. The fraction of sp³-hybridized carbons (Fsp3) is 0.500. The molecule has 1 aromatic heterocycles. The minimum atomic E-state index is -0.903. The molecule has 1 saturated heterocycles. The van der Waals surface area contributed by atoms with Crippen molar-refractivity contribution in [3.05, 3.63) is 28.5 Å². The Balaban J connectivity index is 1.91. The second kappa shape index (κ2) is 5.16. The Kier molecular flexibility index (Phi) is 3.50. The lowest BCUT2D eigenvalue weighted by Crippen LogP contribution is -2.43. The molecule has 0 radical (unpaired) electrons. The molecule has 5 nitrogen and oxygen atoms in total. The predicted molar refractivity (Wildman–Crippen MR) is 75.2 cm³/mol. The number of hydrogen-bond donors (Lipinski definition) is 1. The maximum atomic E-state index is 12.6. The molecule has 3 rings (SSSR count). The molecular formula is C14H15BrN2O3. The van der Waals surface area contributed by atoms with Crippen LogP contribution in [0.3, 0.4) is 0 Å². The van der Waals surface area contributed by atoms with Crippen molar-refractivity contribution in [3.63, 3.8) is 0 Å². The van der Waals surface area contributed by atoms with Crippen LogP contribution < -0.4 is 0 Å². The van der Waals surface area contributed by atoms with Crippen LogP contribution in [-0.4, -0.2) is 39.5 Å². The first-order chi connectivity index (χ1) is 9.59. The van der Waals surface area contributed by atoms with Gasteiger partial charge in [0.2, 0.25) is 0 Å². The number of pyridine rings is 1. The number of carboxylic acid groups (broad SMARTS) is 1. The molecule has 2 fully saturated rings. The van der Waals surface area contributed by atoms with E-state index in [9.17, 15) is 14.7 Å². The molecule has 0 spiro atoms. The van der Waals surface area contributed by atoms with E-state index in [1.165, 1.54) is 4.90 Å². The first-order valence-corrected chi connectivity index (χ1v) is 7.53. The number of aromatic nitrogens is 1. The lowest BCUT2D eigenvalue weighted by Gasteiger charge is -2.24. The fourth-order valence-corrected chi connectivity index (χ4v) is 3.93. The van der Waals surface area contributed by atoms with Crippen LogP contribution in [0.5, 0.6) is 0 Å². The van der Waals surface area contributed by atoms with Gasteiger partial charge >= 0.3 is 5.97 Å². The number of amides is 1. The number of nitrogens with zero attached hydrogens (tertiary/aromatic N) is 2. The van der Waals surface area contributed by atoms with Crippen LogP contribution in [0.4, 0.5) is 0 Å². The lowest BCUT2D eigenvalue weighted by molar-refractivity contribution is -0.142. The van der Waals surface area contributed by atoms with E-state index in [4.69, 9.17) is 0 Å². The van der Waals surface area contributed by atoms with Gasteiger partial charge in [0, 0.05) is 17.2 Å². The predicted octanol–water partition coefficient (Wildman–Crippen LogP) is 2.17. The summed E-state index contributed by atoms with van der Waals surface area (Å²) in [6.07, 6.45) is 4.52. The number of halogens is 1. The van der Waals surface area contributed by atoms with Crippen molar-refractivity contribution < 1.29 is 14.7 Å². The Morgan fingerprint density at radius 1 is 1.40 bits per heavy atom. The number of fused-ring (bicyclic) bond motifs is 1. The van der Waals surface area contributed by atoms with Crippen molar-refractivity contribution in [1.29, 1.82) is 0 Å². The summed E-state index contributed by atoms with van der Waals surface area (Å²) in [6, 6.07) is 2.77. The number of carboxylic acids is 1. The van der Waals surface area contributed by atoms with Crippen LogP contribution in [0.1, 0.15) is 29.8 Å². The van der Waals surface area contributed by atoms with E-state index in [0.29, 0.717) is 22.6 Å². The summed E-state index contributed by atoms with van der Waals surface area (Å²) in [7, 11) is 0. The summed E-state index contributed by atoms with van der Waals surface area (Å²) in [5, 5.41) is 9.47. The molecule has 0 bridgehead atoms. The molecule has 1 aliphatic heterocycles. The van der Waals surface area contributed by atoms with Crippen molar-refractivity contribution in [2.45, 2.75) is 25.3 Å².